The highest BCUT2D eigenvalue weighted by Crippen LogP contribution is 2.35. The van der Waals surface area contributed by atoms with Gasteiger partial charge in [-0.25, -0.2) is 4.98 Å². The molecule has 1 aliphatic carbocycles. The van der Waals surface area contributed by atoms with Crippen LogP contribution >= 0.6 is 23.1 Å². The zero-order valence-corrected chi connectivity index (χ0v) is 16.5. The molecule has 0 amide bonds. The van der Waals surface area contributed by atoms with E-state index in [1.807, 2.05) is 7.05 Å². The van der Waals surface area contributed by atoms with Crippen LogP contribution in [0.15, 0.2) is 28.2 Å². The molecule has 0 fully saturated rings. The lowest BCUT2D eigenvalue weighted by Gasteiger charge is -2.11. The van der Waals surface area contributed by atoms with Crippen LogP contribution in [0.1, 0.15) is 40.0 Å². The van der Waals surface area contributed by atoms with Crippen molar-refractivity contribution in [3.8, 4) is 0 Å². The lowest BCUT2D eigenvalue weighted by atomic mass is 9.97. The second kappa shape index (κ2) is 6.61. The molecule has 0 atom stereocenters. The summed E-state index contributed by atoms with van der Waals surface area (Å²) < 4.78 is 1.74. The normalized spacial score (nSPS) is 14.0. The fourth-order valence-electron chi connectivity index (χ4n) is 3.49. The quantitative estimate of drug-likeness (QED) is 0.491. The Labute approximate surface area is 156 Å². The monoisotopic (exact) mass is 370 g/mol. The highest BCUT2D eigenvalue weighted by atomic mass is 32.2. The van der Waals surface area contributed by atoms with E-state index in [0.29, 0.717) is 0 Å². The molecular formula is C20H22N2OS2. The highest BCUT2D eigenvalue weighted by molar-refractivity contribution is 7.98. The van der Waals surface area contributed by atoms with Crippen molar-refractivity contribution in [2.45, 2.75) is 50.4 Å². The van der Waals surface area contributed by atoms with Gasteiger partial charge in [-0.2, -0.15) is 0 Å². The Morgan fingerprint density at radius 3 is 2.88 bits per heavy atom. The lowest BCUT2D eigenvalue weighted by Crippen LogP contribution is -2.20. The second-order valence-electron chi connectivity index (χ2n) is 6.87. The fourth-order valence-corrected chi connectivity index (χ4v) is 5.83. The largest absolute Gasteiger partial charge is 0.290 e. The molecule has 1 aromatic carbocycles. The summed E-state index contributed by atoms with van der Waals surface area (Å²) in [5.41, 5.74) is 5.25. The molecule has 1 aliphatic rings. The molecule has 5 heteroatoms. The highest BCUT2D eigenvalue weighted by Gasteiger charge is 2.21. The van der Waals surface area contributed by atoms with Gasteiger partial charge >= 0.3 is 0 Å². The number of thioether (sulfide) groups is 1. The molecule has 0 aliphatic heterocycles. The molecule has 0 unspecified atom stereocenters. The van der Waals surface area contributed by atoms with Gasteiger partial charge in [0, 0.05) is 17.7 Å². The molecule has 0 saturated carbocycles. The first-order valence-corrected chi connectivity index (χ1v) is 10.5. The molecule has 0 radical (unpaired) electrons. The van der Waals surface area contributed by atoms with Gasteiger partial charge in [-0.3, -0.25) is 9.36 Å². The van der Waals surface area contributed by atoms with Crippen LogP contribution in [0.5, 0.6) is 0 Å². The molecule has 25 heavy (non-hydrogen) atoms. The molecule has 0 saturated heterocycles. The lowest BCUT2D eigenvalue weighted by molar-refractivity contribution is 0.695. The summed E-state index contributed by atoms with van der Waals surface area (Å²) in [6.07, 6.45) is 4.55. The Hall–Kier alpha value is -1.59. The molecule has 0 N–H and O–H groups in total. The van der Waals surface area contributed by atoms with Crippen molar-refractivity contribution in [3.63, 3.8) is 0 Å². The van der Waals surface area contributed by atoms with Crippen molar-refractivity contribution < 1.29 is 0 Å². The minimum atomic E-state index is 0.118. The zero-order chi connectivity index (χ0) is 17.6. The van der Waals surface area contributed by atoms with Gasteiger partial charge in [0.15, 0.2) is 5.16 Å². The van der Waals surface area contributed by atoms with Crippen LogP contribution in [0.3, 0.4) is 0 Å². The summed E-state index contributed by atoms with van der Waals surface area (Å²) in [6, 6.07) is 6.52. The van der Waals surface area contributed by atoms with E-state index in [4.69, 9.17) is 4.98 Å². The first-order valence-electron chi connectivity index (χ1n) is 8.75. The van der Waals surface area contributed by atoms with Crippen LogP contribution in [-0.2, 0) is 25.6 Å². The fraction of sp³-hybridized carbons (Fsp3) is 0.400. The topological polar surface area (TPSA) is 34.9 Å². The Kier molecular flexibility index (Phi) is 4.46. The van der Waals surface area contributed by atoms with E-state index in [0.717, 1.165) is 34.0 Å². The molecule has 3 aromatic rings. The van der Waals surface area contributed by atoms with E-state index in [9.17, 15) is 4.79 Å². The third-order valence-electron chi connectivity index (χ3n) is 5.02. The molecule has 2 aromatic heterocycles. The number of thiophene rings is 1. The van der Waals surface area contributed by atoms with Crippen LogP contribution < -0.4 is 5.56 Å². The van der Waals surface area contributed by atoms with Gasteiger partial charge in [0.25, 0.3) is 5.56 Å². The van der Waals surface area contributed by atoms with Gasteiger partial charge in [0.2, 0.25) is 0 Å². The van der Waals surface area contributed by atoms with Crippen LogP contribution in [0.25, 0.3) is 10.2 Å². The Bertz CT molecular complexity index is 1020. The van der Waals surface area contributed by atoms with E-state index in [2.05, 4.69) is 32.0 Å². The van der Waals surface area contributed by atoms with Crippen LogP contribution in [0.2, 0.25) is 0 Å². The molecule has 0 bridgehead atoms. The summed E-state index contributed by atoms with van der Waals surface area (Å²) in [5.74, 6) is 0.838. The van der Waals surface area contributed by atoms with Crippen molar-refractivity contribution in [2.24, 2.45) is 7.05 Å². The van der Waals surface area contributed by atoms with E-state index < -0.39 is 0 Å². The number of rotatable bonds is 3. The Morgan fingerprint density at radius 2 is 2.04 bits per heavy atom. The molecular weight excluding hydrogens is 348 g/mol. The molecule has 2 heterocycles. The average molecular weight is 371 g/mol. The van der Waals surface area contributed by atoms with Crippen molar-refractivity contribution >= 4 is 33.3 Å². The SMILES string of the molecule is Cc1ccc(C)c(CSc2nc3sc4c(c3c(=O)n2C)CCCC4)c1. The maximum atomic E-state index is 12.9. The minimum Gasteiger partial charge on any atom is -0.290 e. The standard InChI is InChI=1S/C20H22N2OS2/c1-12-8-9-13(2)14(10-12)11-24-20-21-18-17(19(23)22(20)3)15-6-4-5-7-16(15)25-18/h8-10H,4-7,11H2,1-3H3. The van der Waals surface area contributed by atoms with Crippen LogP contribution in [-0.4, -0.2) is 9.55 Å². The smallest absolute Gasteiger partial charge is 0.262 e. The third-order valence-corrected chi connectivity index (χ3v) is 7.28. The summed E-state index contributed by atoms with van der Waals surface area (Å²) in [5, 5.41) is 1.69. The van der Waals surface area contributed by atoms with Crippen molar-refractivity contribution in [1.82, 2.24) is 9.55 Å². The minimum absolute atomic E-state index is 0.118. The summed E-state index contributed by atoms with van der Waals surface area (Å²) in [4.78, 5) is 20.1. The van der Waals surface area contributed by atoms with Gasteiger partial charge in [-0.05, 0) is 56.2 Å². The number of hydrogen-bond acceptors (Lipinski definition) is 4. The summed E-state index contributed by atoms with van der Waals surface area (Å²) in [6.45, 7) is 4.25. The Morgan fingerprint density at radius 1 is 1.24 bits per heavy atom. The third kappa shape index (κ3) is 3.04. The number of aryl methyl sites for hydroxylation is 4. The van der Waals surface area contributed by atoms with Crippen molar-refractivity contribution in [2.75, 3.05) is 0 Å². The summed E-state index contributed by atoms with van der Waals surface area (Å²) >= 11 is 3.38. The van der Waals surface area contributed by atoms with Gasteiger partial charge in [-0.15, -0.1) is 11.3 Å². The van der Waals surface area contributed by atoms with E-state index in [1.165, 1.54) is 40.0 Å². The predicted octanol–water partition coefficient (Wildman–Crippen LogP) is 4.78. The number of hydrogen-bond donors (Lipinski definition) is 0. The van der Waals surface area contributed by atoms with Crippen LogP contribution in [0, 0.1) is 13.8 Å². The van der Waals surface area contributed by atoms with Gasteiger partial charge in [0.05, 0.1) is 5.39 Å². The average Bonchev–Trinajstić information content (AvgIpc) is 2.98. The first kappa shape index (κ1) is 16.9. The van der Waals surface area contributed by atoms with Crippen LogP contribution in [0.4, 0.5) is 0 Å². The van der Waals surface area contributed by atoms with E-state index in [-0.39, 0.29) is 5.56 Å². The molecule has 0 spiro atoms. The van der Waals surface area contributed by atoms with E-state index in [1.54, 1.807) is 27.7 Å². The maximum Gasteiger partial charge on any atom is 0.262 e. The van der Waals surface area contributed by atoms with Gasteiger partial charge in [-0.1, -0.05) is 35.5 Å². The first-order chi connectivity index (χ1) is 12.0. The van der Waals surface area contributed by atoms with Crippen molar-refractivity contribution in [3.05, 3.63) is 55.7 Å². The Balaban J connectivity index is 1.72. The second-order valence-corrected chi connectivity index (χ2v) is 8.89. The van der Waals surface area contributed by atoms with Gasteiger partial charge in [0.1, 0.15) is 4.83 Å². The number of nitrogens with zero attached hydrogens (tertiary/aromatic N) is 2. The van der Waals surface area contributed by atoms with Crippen molar-refractivity contribution in [1.29, 1.82) is 0 Å². The summed E-state index contributed by atoms with van der Waals surface area (Å²) in [7, 11) is 1.85. The van der Waals surface area contributed by atoms with E-state index >= 15 is 0 Å². The van der Waals surface area contributed by atoms with Gasteiger partial charge < -0.3 is 0 Å². The molecule has 3 nitrogen and oxygen atoms in total. The molecule has 4 rings (SSSR count). The number of aromatic nitrogens is 2. The predicted molar refractivity (Wildman–Crippen MR) is 107 cm³/mol. The zero-order valence-electron chi connectivity index (χ0n) is 14.9. The number of benzene rings is 1. The maximum absolute atomic E-state index is 12.9. The number of fused-ring (bicyclic) bond motifs is 3. The molecule has 130 valence electrons.